The highest BCUT2D eigenvalue weighted by Gasteiger charge is 2.38. The molecule has 0 spiro atoms. The molecule has 2 N–H and O–H groups in total. The number of aryl methyl sites for hydroxylation is 1. The molecule has 0 saturated heterocycles. The van der Waals surface area contributed by atoms with Crippen LogP contribution < -0.4 is 10.0 Å². The lowest BCUT2D eigenvalue weighted by Gasteiger charge is -2.28. The van der Waals surface area contributed by atoms with Crippen LogP contribution in [0.2, 0.25) is 0 Å². The Kier molecular flexibility index (Phi) is 2.85. The normalized spacial score (nSPS) is 15.9. The molecule has 1 aromatic carbocycles. The summed E-state index contributed by atoms with van der Waals surface area (Å²) in [6.07, 6.45) is 0.756. The number of nitrogens with two attached hydrogens (primary N) is 1. The summed E-state index contributed by atoms with van der Waals surface area (Å²) in [6, 6.07) is 3.77. The number of hydrogen-bond acceptors (Lipinski definition) is 3. The lowest BCUT2D eigenvalue weighted by Crippen LogP contribution is -2.42. The van der Waals surface area contributed by atoms with Crippen LogP contribution in [0.3, 0.4) is 0 Å². The molecule has 0 unspecified atom stereocenters. The summed E-state index contributed by atoms with van der Waals surface area (Å²) >= 11 is 0. The molecule has 2 rings (SSSR count). The summed E-state index contributed by atoms with van der Waals surface area (Å²) in [7, 11) is -3.34. The molecule has 1 heterocycles. The van der Waals surface area contributed by atoms with E-state index in [-0.39, 0.29) is 0 Å². The Labute approximate surface area is 109 Å². The largest absolute Gasteiger partial charge is 0.398 e. The van der Waals surface area contributed by atoms with Gasteiger partial charge in [0.15, 0.2) is 0 Å². The second-order valence-electron chi connectivity index (χ2n) is 5.78. The predicted molar refractivity (Wildman–Crippen MR) is 75.3 cm³/mol. The Balaban J connectivity index is 2.54. The molecule has 100 valence electrons. The van der Waals surface area contributed by atoms with Crippen LogP contribution in [0.25, 0.3) is 0 Å². The van der Waals surface area contributed by atoms with Crippen LogP contribution in [0, 0.1) is 6.92 Å². The van der Waals surface area contributed by atoms with Crippen LogP contribution in [0.5, 0.6) is 0 Å². The van der Waals surface area contributed by atoms with E-state index in [1.807, 2.05) is 13.0 Å². The van der Waals surface area contributed by atoms with Crippen molar-refractivity contribution in [3.05, 3.63) is 23.3 Å². The summed E-state index contributed by atoms with van der Waals surface area (Å²) in [4.78, 5) is 0. The van der Waals surface area contributed by atoms with Crippen LogP contribution >= 0.6 is 0 Å². The average molecular weight is 268 g/mol. The zero-order chi connectivity index (χ0) is 13.7. The lowest BCUT2D eigenvalue weighted by molar-refractivity contribution is 0.556. The maximum Gasteiger partial charge on any atom is 0.240 e. The minimum absolute atomic E-state index is 0.512. The number of fused-ring (bicyclic) bond motifs is 1. The van der Waals surface area contributed by atoms with E-state index in [1.54, 1.807) is 26.8 Å². The first-order valence-electron chi connectivity index (χ1n) is 6.06. The van der Waals surface area contributed by atoms with Gasteiger partial charge in [-0.1, -0.05) is 6.07 Å². The van der Waals surface area contributed by atoms with Crippen LogP contribution in [0.1, 0.15) is 31.9 Å². The van der Waals surface area contributed by atoms with Crippen molar-refractivity contribution in [3.63, 3.8) is 0 Å². The van der Waals surface area contributed by atoms with E-state index in [9.17, 15) is 8.42 Å². The minimum atomic E-state index is -3.34. The number of hydrogen-bond donors (Lipinski definition) is 1. The fourth-order valence-electron chi connectivity index (χ4n) is 2.13. The maximum atomic E-state index is 12.5. The van der Waals surface area contributed by atoms with Crippen molar-refractivity contribution in [2.24, 2.45) is 0 Å². The molecule has 0 aliphatic carbocycles. The highest BCUT2D eigenvalue weighted by Crippen LogP contribution is 2.36. The van der Waals surface area contributed by atoms with Gasteiger partial charge in [0.05, 0.1) is 10.4 Å². The molecule has 5 heteroatoms. The minimum Gasteiger partial charge on any atom is -0.398 e. The summed E-state index contributed by atoms with van der Waals surface area (Å²) in [5.41, 5.74) is 9.34. The lowest BCUT2D eigenvalue weighted by atomic mass is 10.1. The molecule has 0 radical (unpaired) electrons. The molecule has 1 aliphatic heterocycles. The number of sulfonamides is 1. The Morgan fingerprint density at radius 3 is 2.44 bits per heavy atom. The van der Waals surface area contributed by atoms with Gasteiger partial charge in [-0.2, -0.15) is 0 Å². The first-order valence-corrected chi connectivity index (χ1v) is 7.50. The molecule has 0 bridgehead atoms. The van der Waals surface area contributed by atoms with Crippen molar-refractivity contribution in [3.8, 4) is 0 Å². The second-order valence-corrected chi connectivity index (χ2v) is 8.39. The first kappa shape index (κ1) is 13.2. The van der Waals surface area contributed by atoms with Gasteiger partial charge in [0.2, 0.25) is 10.0 Å². The third kappa shape index (κ3) is 1.86. The standard InChI is InChI=1S/C13H20N2O2S/c1-9-7-10-5-6-15(12(10)8-11(9)14)18(16,17)13(2,3)4/h7-8H,5-6,14H2,1-4H3. The van der Waals surface area contributed by atoms with Gasteiger partial charge in [-0.3, -0.25) is 4.31 Å². The quantitative estimate of drug-likeness (QED) is 0.793. The molecule has 4 nitrogen and oxygen atoms in total. The highest BCUT2D eigenvalue weighted by atomic mass is 32.2. The van der Waals surface area contributed by atoms with Crippen LogP contribution in [0.15, 0.2) is 12.1 Å². The topological polar surface area (TPSA) is 63.4 Å². The molecule has 0 saturated carbocycles. The summed E-state index contributed by atoms with van der Waals surface area (Å²) in [5, 5.41) is 0. The van der Waals surface area contributed by atoms with Gasteiger partial charge < -0.3 is 5.73 Å². The first-order chi connectivity index (χ1) is 8.14. The van der Waals surface area contributed by atoms with E-state index in [2.05, 4.69) is 0 Å². The van der Waals surface area contributed by atoms with E-state index in [4.69, 9.17) is 5.73 Å². The Bertz CT molecular complexity index is 586. The number of rotatable bonds is 1. The average Bonchev–Trinajstić information content (AvgIpc) is 2.60. The van der Waals surface area contributed by atoms with Gasteiger partial charge in [-0.15, -0.1) is 0 Å². The van der Waals surface area contributed by atoms with Gasteiger partial charge in [0, 0.05) is 12.2 Å². The molecular weight excluding hydrogens is 248 g/mol. The summed E-state index contributed by atoms with van der Waals surface area (Å²) < 4.78 is 25.7. The zero-order valence-corrected chi connectivity index (χ0v) is 12.1. The van der Waals surface area contributed by atoms with Gasteiger partial charge in [0.1, 0.15) is 0 Å². The van der Waals surface area contributed by atoms with Crippen molar-refractivity contribution >= 4 is 21.4 Å². The van der Waals surface area contributed by atoms with Gasteiger partial charge in [0.25, 0.3) is 0 Å². The van der Waals surface area contributed by atoms with E-state index in [1.165, 1.54) is 4.31 Å². The third-order valence-electron chi connectivity index (χ3n) is 3.38. The fourth-order valence-corrected chi connectivity index (χ4v) is 3.55. The summed E-state index contributed by atoms with van der Waals surface area (Å²) in [6.45, 7) is 7.61. The van der Waals surface area contributed by atoms with Gasteiger partial charge >= 0.3 is 0 Å². The Hall–Kier alpha value is -1.23. The van der Waals surface area contributed by atoms with Crippen molar-refractivity contribution in [1.29, 1.82) is 0 Å². The Morgan fingerprint density at radius 2 is 1.89 bits per heavy atom. The van der Waals surface area contributed by atoms with Crippen molar-refractivity contribution in [2.45, 2.75) is 38.9 Å². The van der Waals surface area contributed by atoms with Gasteiger partial charge in [-0.25, -0.2) is 8.42 Å². The SMILES string of the molecule is Cc1cc2c(cc1N)N(S(=O)(=O)C(C)(C)C)CC2. The second kappa shape index (κ2) is 3.88. The van der Waals surface area contributed by atoms with E-state index in [0.29, 0.717) is 12.2 Å². The monoisotopic (exact) mass is 268 g/mol. The number of anilines is 2. The molecule has 0 amide bonds. The maximum absolute atomic E-state index is 12.5. The number of benzene rings is 1. The zero-order valence-electron chi connectivity index (χ0n) is 11.3. The number of nitrogens with zero attached hydrogens (tertiary/aromatic N) is 1. The van der Waals surface area contributed by atoms with E-state index >= 15 is 0 Å². The van der Waals surface area contributed by atoms with E-state index in [0.717, 1.165) is 23.2 Å². The molecule has 1 aliphatic rings. The molecule has 18 heavy (non-hydrogen) atoms. The molecular formula is C13H20N2O2S. The molecule has 1 aromatic rings. The van der Waals surface area contributed by atoms with Crippen LogP contribution in [0.4, 0.5) is 11.4 Å². The van der Waals surface area contributed by atoms with Gasteiger partial charge in [-0.05, 0) is 51.3 Å². The smallest absolute Gasteiger partial charge is 0.240 e. The highest BCUT2D eigenvalue weighted by molar-refractivity contribution is 7.94. The molecule has 0 fully saturated rings. The Morgan fingerprint density at radius 1 is 1.28 bits per heavy atom. The predicted octanol–water partition coefficient (Wildman–Crippen LogP) is 2.07. The molecule has 0 atom stereocenters. The molecule has 0 aromatic heterocycles. The van der Waals surface area contributed by atoms with E-state index < -0.39 is 14.8 Å². The van der Waals surface area contributed by atoms with Crippen LogP contribution in [-0.4, -0.2) is 19.7 Å². The van der Waals surface area contributed by atoms with Crippen molar-refractivity contribution in [2.75, 3.05) is 16.6 Å². The summed E-state index contributed by atoms with van der Waals surface area (Å²) in [5.74, 6) is 0. The fraction of sp³-hybridized carbons (Fsp3) is 0.538. The number of nitrogen functional groups attached to an aromatic ring is 1. The van der Waals surface area contributed by atoms with Crippen LogP contribution in [-0.2, 0) is 16.4 Å². The van der Waals surface area contributed by atoms with Crippen molar-refractivity contribution < 1.29 is 8.42 Å². The third-order valence-corrected chi connectivity index (χ3v) is 5.89. The van der Waals surface area contributed by atoms with Crippen molar-refractivity contribution in [1.82, 2.24) is 0 Å².